The van der Waals surface area contributed by atoms with Gasteiger partial charge in [0, 0.05) is 24.3 Å². The zero-order valence-corrected chi connectivity index (χ0v) is 15.7. The minimum Gasteiger partial charge on any atom is -0.494 e. The van der Waals surface area contributed by atoms with Crippen LogP contribution in [0.4, 0.5) is 25.0 Å². The van der Waals surface area contributed by atoms with Gasteiger partial charge in [0.15, 0.2) is 0 Å². The fourth-order valence-corrected chi connectivity index (χ4v) is 3.02. The highest BCUT2D eigenvalue weighted by Crippen LogP contribution is 2.24. The third-order valence-corrected chi connectivity index (χ3v) is 4.26. The van der Waals surface area contributed by atoms with Crippen molar-refractivity contribution in [3.8, 4) is 11.5 Å². The molecule has 0 radical (unpaired) electrons. The first-order valence-electron chi connectivity index (χ1n) is 9.10. The number of nitrogens with zero attached hydrogens (tertiary/aromatic N) is 1. The summed E-state index contributed by atoms with van der Waals surface area (Å²) in [6.07, 6.45) is 0.182. The van der Waals surface area contributed by atoms with Crippen molar-refractivity contribution in [2.45, 2.75) is 26.0 Å². The second kappa shape index (κ2) is 9.22. The van der Waals surface area contributed by atoms with E-state index in [4.69, 9.17) is 4.74 Å². The summed E-state index contributed by atoms with van der Waals surface area (Å²) in [7, 11) is 0. The molecule has 3 rings (SSSR count). The number of urea groups is 1. The lowest BCUT2D eigenvalue weighted by molar-refractivity contribution is -0.117. The minimum absolute atomic E-state index is 0.00153. The van der Waals surface area contributed by atoms with Crippen molar-refractivity contribution < 1.29 is 27.8 Å². The Kier molecular flexibility index (Phi) is 6.48. The van der Waals surface area contributed by atoms with Crippen molar-refractivity contribution in [1.82, 2.24) is 5.32 Å². The lowest BCUT2D eigenvalue weighted by Gasteiger charge is -2.18. The van der Waals surface area contributed by atoms with Gasteiger partial charge >= 0.3 is 12.6 Å². The Bertz CT molecular complexity index is 844. The number of carbonyl (C=O) groups excluding carboxylic acids is 2. The SMILES string of the molecule is CCOc1ccc(N2C[C@@H](NC(=O)Nc3ccc(OC(F)F)cc3)CC2=O)cc1. The van der Waals surface area contributed by atoms with E-state index in [9.17, 15) is 18.4 Å². The van der Waals surface area contributed by atoms with Crippen LogP contribution in [0, 0.1) is 0 Å². The van der Waals surface area contributed by atoms with Crippen molar-refractivity contribution >= 4 is 23.3 Å². The van der Waals surface area contributed by atoms with Gasteiger partial charge in [-0.3, -0.25) is 4.79 Å². The largest absolute Gasteiger partial charge is 0.494 e. The molecule has 1 fully saturated rings. The van der Waals surface area contributed by atoms with E-state index in [0.29, 0.717) is 18.8 Å². The highest BCUT2D eigenvalue weighted by molar-refractivity contribution is 5.97. The van der Waals surface area contributed by atoms with Gasteiger partial charge in [-0.1, -0.05) is 0 Å². The second-order valence-electron chi connectivity index (χ2n) is 6.33. The van der Waals surface area contributed by atoms with Crippen LogP contribution in [0.15, 0.2) is 48.5 Å². The standard InChI is InChI=1S/C20H21F2N3O4/c1-2-28-16-9-5-15(6-10-16)25-12-14(11-18(25)26)24-20(27)23-13-3-7-17(8-4-13)29-19(21)22/h3-10,14,19H,2,11-12H2,1H3,(H2,23,24,27)/t14-/m0/s1. The molecule has 1 aliphatic heterocycles. The molecular weight excluding hydrogens is 384 g/mol. The Labute approximate surface area is 166 Å². The molecule has 0 spiro atoms. The molecule has 0 unspecified atom stereocenters. The molecule has 0 saturated carbocycles. The van der Waals surface area contributed by atoms with Gasteiger partial charge in [0.1, 0.15) is 11.5 Å². The van der Waals surface area contributed by atoms with Crippen LogP contribution >= 0.6 is 0 Å². The van der Waals surface area contributed by atoms with E-state index < -0.39 is 12.6 Å². The van der Waals surface area contributed by atoms with Gasteiger partial charge in [0.25, 0.3) is 0 Å². The molecule has 2 aromatic rings. The number of alkyl halides is 2. The summed E-state index contributed by atoms with van der Waals surface area (Å²) in [6, 6.07) is 11.9. The monoisotopic (exact) mass is 405 g/mol. The Morgan fingerprint density at radius 2 is 1.79 bits per heavy atom. The van der Waals surface area contributed by atoms with Crippen LogP contribution in [-0.2, 0) is 4.79 Å². The van der Waals surface area contributed by atoms with E-state index in [0.717, 1.165) is 11.4 Å². The summed E-state index contributed by atoms with van der Waals surface area (Å²) in [5, 5.41) is 5.35. The van der Waals surface area contributed by atoms with Gasteiger partial charge in [-0.2, -0.15) is 8.78 Å². The van der Waals surface area contributed by atoms with Crippen LogP contribution in [0.1, 0.15) is 13.3 Å². The second-order valence-corrected chi connectivity index (χ2v) is 6.33. The molecule has 3 amide bonds. The van der Waals surface area contributed by atoms with E-state index in [1.54, 1.807) is 29.2 Å². The predicted octanol–water partition coefficient (Wildman–Crippen LogP) is 3.61. The van der Waals surface area contributed by atoms with Crippen molar-refractivity contribution in [3.05, 3.63) is 48.5 Å². The smallest absolute Gasteiger partial charge is 0.387 e. The van der Waals surface area contributed by atoms with Crippen molar-refractivity contribution in [2.24, 2.45) is 0 Å². The number of rotatable bonds is 7. The van der Waals surface area contributed by atoms with E-state index in [2.05, 4.69) is 15.4 Å². The van der Waals surface area contributed by atoms with E-state index >= 15 is 0 Å². The molecule has 9 heteroatoms. The minimum atomic E-state index is -2.91. The summed E-state index contributed by atoms with van der Waals surface area (Å²) in [5.41, 5.74) is 1.15. The van der Waals surface area contributed by atoms with Crippen LogP contribution < -0.4 is 25.0 Å². The predicted molar refractivity (Wildman–Crippen MR) is 104 cm³/mol. The third-order valence-electron chi connectivity index (χ3n) is 4.26. The van der Waals surface area contributed by atoms with Gasteiger partial charge in [-0.15, -0.1) is 0 Å². The molecule has 2 aromatic carbocycles. The van der Waals surface area contributed by atoms with Crippen LogP contribution in [0.25, 0.3) is 0 Å². The number of nitrogens with one attached hydrogen (secondary N) is 2. The molecule has 1 heterocycles. The fourth-order valence-electron chi connectivity index (χ4n) is 3.02. The van der Waals surface area contributed by atoms with Crippen molar-refractivity contribution in [3.63, 3.8) is 0 Å². The maximum Gasteiger partial charge on any atom is 0.387 e. The maximum absolute atomic E-state index is 12.3. The van der Waals surface area contributed by atoms with Crippen LogP contribution in [0.2, 0.25) is 0 Å². The average molecular weight is 405 g/mol. The molecule has 1 atom stereocenters. The molecule has 2 N–H and O–H groups in total. The molecule has 0 aromatic heterocycles. The van der Waals surface area contributed by atoms with E-state index in [1.807, 2.05) is 6.92 Å². The normalized spacial score (nSPS) is 16.1. The summed E-state index contributed by atoms with van der Waals surface area (Å²) >= 11 is 0. The topological polar surface area (TPSA) is 79.9 Å². The number of benzene rings is 2. The first-order valence-corrected chi connectivity index (χ1v) is 9.10. The van der Waals surface area contributed by atoms with Gasteiger partial charge < -0.3 is 25.0 Å². The Hall–Kier alpha value is -3.36. The quantitative estimate of drug-likeness (QED) is 0.738. The van der Waals surface area contributed by atoms with Crippen molar-refractivity contribution in [1.29, 1.82) is 0 Å². The van der Waals surface area contributed by atoms with Crippen LogP contribution in [-0.4, -0.2) is 37.7 Å². The number of hydrogen-bond acceptors (Lipinski definition) is 4. The van der Waals surface area contributed by atoms with Crippen molar-refractivity contribution in [2.75, 3.05) is 23.4 Å². The molecule has 7 nitrogen and oxygen atoms in total. The summed E-state index contributed by atoms with van der Waals surface area (Å²) < 4.78 is 34.0. The number of ether oxygens (including phenoxy) is 2. The molecule has 0 aliphatic carbocycles. The van der Waals surface area contributed by atoms with Gasteiger partial charge in [-0.05, 0) is 55.5 Å². The van der Waals surface area contributed by atoms with E-state index in [1.165, 1.54) is 24.3 Å². The highest BCUT2D eigenvalue weighted by Gasteiger charge is 2.31. The highest BCUT2D eigenvalue weighted by atomic mass is 19.3. The Morgan fingerprint density at radius 1 is 1.14 bits per heavy atom. The van der Waals surface area contributed by atoms with Crippen LogP contribution in [0.3, 0.4) is 0 Å². The molecule has 0 bridgehead atoms. The maximum atomic E-state index is 12.3. The van der Waals surface area contributed by atoms with Crippen LogP contribution in [0.5, 0.6) is 11.5 Å². The van der Waals surface area contributed by atoms with Gasteiger partial charge in [0.2, 0.25) is 5.91 Å². The zero-order chi connectivity index (χ0) is 20.8. The number of amides is 3. The zero-order valence-electron chi connectivity index (χ0n) is 15.7. The lowest BCUT2D eigenvalue weighted by Crippen LogP contribution is -2.39. The number of hydrogen-bond donors (Lipinski definition) is 2. The molecular formula is C20H21F2N3O4. The summed E-state index contributed by atoms with van der Waals surface area (Å²) in [6.45, 7) is -0.104. The summed E-state index contributed by atoms with van der Waals surface area (Å²) in [5.74, 6) is 0.633. The van der Waals surface area contributed by atoms with Gasteiger partial charge in [0.05, 0.1) is 12.6 Å². The molecule has 1 aliphatic rings. The molecule has 29 heavy (non-hydrogen) atoms. The molecule has 1 saturated heterocycles. The number of carbonyl (C=O) groups is 2. The number of anilines is 2. The third kappa shape index (κ3) is 5.56. The molecule has 154 valence electrons. The van der Waals surface area contributed by atoms with Gasteiger partial charge in [-0.25, -0.2) is 4.79 Å². The summed E-state index contributed by atoms with van der Waals surface area (Å²) in [4.78, 5) is 26.1. The fraction of sp³-hybridized carbons (Fsp3) is 0.300. The van der Waals surface area contributed by atoms with E-state index in [-0.39, 0.29) is 24.1 Å². The average Bonchev–Trinajstić information content (AvgIpc) is 3.04. The Balaban J connectivity index is 1.53. The first-order chi connectivity index (χ1) is 13.9. The lowest BCUT2D eigenvalue weighted by atomic mass is 10.2. The Morgan fingerprint density at radius 3 is 2.41 bits per heavy atom. The number of halogens is 2. The first kappa shape index (κ1) is 20.4.